The number of amides is 1. The van der Waals surface area contributed by atoms with Crippen molar-refractivity contribution in [3.8, 4) is 22.6 Å². The zero-order chi connectivity index (χ0) is 22.0. The number of hydrogen-bond acceptors (Lipinski definition) is 6. The molecule has 0 radical (unpaired) electrons. The standard InChI is InChI=1S/C23H21N3O4S/c1-14-4-9-19(30-3)18(10-14)25-20(27)11-26-13-24-22-21(23(26)28)17(12-31-22)15-5-7-16(29-2)8-6-15/h4-10,12-13H,11H2,1-3H3,(H,25,27). The Kier molecular flexibility index (Phi) is 5.73. The second kappa shape index (κ2) is 8.61. The molecule has 0 aliphatic carbocycles. The Bertz CT molecular complexity index is 1310. The fraction of sp³-hybridized carbons (Fsp3) is 0.174. The van der Waals surface area contributed by atoms with E-state index in [2.05, 4.69) is 10.3 Å². The molecule has 2 aromatic heterocycles. The Balaban J connectivity index is 1.64. The van der Waals surface area contributed by atoms with Gasteiger partial charge in [0.05, 0.1) is 31.6 Å². The number of nitrogens with zero attached hydrogens (tertiary/aromatic N) is 2. The van der Waals surface area contributed by atoms with Crippen molar-refractivity contribution < 1.29 is 14.3 Å². The molecule has 0 aliphatic rings. The fourth-order valence-corrected chi connectivity index (χ4v) is 4.23. The molecule has 0 saturated heterocycles. The zero-order valence-corrected chi connectivity index (χ0v) is 18.2. The number of fused-ring (bicyclic) bond motifs is 1. The van der Waals surface area contributed by atoms with E-state index in [4.69, 9.17) is 9.47 Å². The van der Waals surface area contributed by atoms with E-state index in [0.717, 1.165) is 22.4 Å². The lowest BCUT2D eigenvalue weighted by Gasteiger charge is -2.12. The molecule has 2 aromatic carbocycles. The minimum atomic E-state index is -0.339. The molecule has 1 N–H and O–H groups in total. The highest BCUT2D eigenvalue weighted by molar-refractivity contribution is 7.17. The number of aryl methyl sites for hydroxylation is 1. The molecule has 2 heterocycles. The molecule has 0 saturated carbocycles. The van der Waals surface area contributed by atoms with Crippen LogP contribution in [0.15, 0.2) is 59.0 Å². The Morgan fingerprint density at radius 1 is 1.13 bits per heavy atom. The monoisotopic (exact) mass is 435 g/mol. The predicted octanol–water partition coefficient (Wildman–Crippen LogP) is 4.09. The molecular weight excluding hydrogens is 414 g/mol. The number of nitrogens with one attached hydrogen (secondary N) is 1. The highest BCUT2D eigenvalue weighted by atomic mass is 32.1. The minimum absolute atomic E-state index is 0.156. The van der Waals surface area contributed by atoms with E-state index in [1.165, 1.54) is 22.2 Å². The van der Waals surface area contributed by atoms with Gasteiger partial charge in [0.25, 0.3) is 5.56 Å². The molecule has 4 aromatic rings. The van der Waals surface area contributed by atoms with E-state index in [1.807, 2.05) is 48.7 Å². The predicted molar refractivity (Wildman–Crippen MR) is 122 cm³/mol. The van der Waals surface area contributed by atoms with Crippen molar-refractivity contribution in [3.05, 3.63) is 70.1 Å². The molecule has 1 amide bonds. The van der Waals surface area contributed by atoms with Crippen molar-refractivity contribution >= 4 is 33.1 Å². The van der Waals surface area contributed by atoms with Crippen LogP contribution in [0.25, 0.3) is 21.3 Å². The number of hydrogen-bond donors (Lipinski definition) is 1. The number of methoxy groups -OCH3 is 2. The average Bonchev–Trinajstić information content (AvgIpc) is 3.21. The Labute approximate surface area is 182 Å². The molecular formula is C23H21N3O4S. The number of ether oxygens (including phenoxy) is 2. The average molecular weight is 436 g/mol. The van der Waals surface area contributed by atoms with Crippen LogP contribution in [0, 0.1) is 6.92 Å². The third-order valence-electron chi connectivity index (χ3n) is 4.90. The molecule has 8 heteroatoms. The first kappa shape index (κ1) is 20.6. The van der Waals surface area contributed by atoms with Gasteiger partial charge in [-0.15, -0.1) is 11.3 Å². The first-order valence-electron chi connectivity index (χ1n) is 9.55. The van der Waals surface area contributed by atoms with Crippen molar-refractivity contribution in [1.82, 2.24) is 9.55 Å². The summed E-state index contributed by atoms with van der Waals surface area (Å²) >= 11 is 1.40. The second-order valence-electron chi connectivity index (χ2n) is 6.99. The maximum atomic E-state index is 13.2. The van der Waals surface area contributed by atoms with Gasteiger partial charge in [-0.3, -0.25) is 14.2 Å². The largest absolute Gasteiger partial charge is 0.497 e. The first-order valence-corrected chi connectivity index (χ1v) is 10.4. The van der Waals surface area contributed by atoms with Gasteiger partial charge >= 0.3 is 0 Å². The molecule has 0 unspecified atom stereocenters. The third kappa shape index (κ3) is 4.15. The van der Waals surface area contributed by atoms with E-state index in [0.29, 0.717) is 21.7 Å². The van der Waals surface area contributed by atoms with Crippen molar-refractivity contribution in [2.45, 2.75) is 13.5 Å². The van der Waals surface area contributed by atoms with Gasteiger partial charge in [-0.1, -0.05) is 18.2 Å². The van der Waals surface area contributed by atoms with Crippen LogP contribution in [-0.2, 0) is 11.3 Å². The number of aromatic nitrogens is 2. The van der Waals surface area contributed by atoms with Gasteiger partial charge in [-0.2, -0.15) is 0 Å². The number of benzene rings is 2. The highest BCUT2D eigenvalue weighted by Crippen LogP contribution is 2.31. The van der Waals surface area contributed by atoms with Crippen LogP contribution in [0.2, 0.25) is 0 Å². The van der Waals surface area contributed by atoms with Gasteiger partial charge in [0.15, 0.2) is 0 Å². The van der Waals surface area contributed by atoms with E-state index in [9.17, 15) is 9.59 Å². The summed E-state index contributed by atoms with van der Waals surface area (Å²) in [5.74, 6) is 0.954. The number of thiophene rings is 1. The lowest BCUT2D eigenvalue weighted by molar-refractivity contribution is -0.116. The Morgan fingerprint density at radius 3 is 2.61 bits per heavy atom. The number of anilines is 1. The van der Waals surface area contributed by atoms with E-state index >= 15 is 0 Å². The summed E-state index contributed by atoms with van der Waals surface area (Å²) in [6.07, 6.45) is 1.41. The lowest BCUT2D eigenvalue weighted by atomic mass is 10.1. The van der Waals surface area contributed by atoms with E-state index in [1.54, 1.807) is 20.3 Å². The highest BCUT2D eigenvalue weighted by Gasteiger charge is 2.15. The van der Waals surface area contributed by atoms with Crippen LogP contribution < -0.4 is 20.3 Å². The van der Waals surface area contributed by atoms with Crippen molar-refractivity contribution in [2.75, 3.05) is 19.5 Å². The third-order valence-corrected chi connectivity index (χ3v) is 5.79. The van der Waals surface area contributed by atoms with Crippen LogP contribution in [0.1, 0.15) is 5.56 Å². The number of rotatable bonds is 6. The van der Waals surface area contributed by atoms with Gasteiger partial charge in [-0.05, 0) is 42.3 Å². The van der Waals surface area contributed by atoms with Crippen LogP contribution >= 0.6 is 11.3 Å². The summed E-state index contributed by atoms with van der Waals surface area (Å²) in [5.41, 5.74) is 2.96. The normalized spacial score (nSPS) is 10.8. The molecule has 0 spiro atoms. The summed E-state index contributed by atoms with van der Waals surface area (Å²) in [5, 5.41) is 5.22. The van der Waals surface area contributed by atoms with Gasteiger partial charge in [0.2, 0.25) is 5.91 Å². The number of carbonyl (C=O) groups excluding carboxylic acids is 1. The Morgan fingerprint density at radius 2 is 1.90 bits per heavy atom. The lowest BCUT2D eigenvalue weighted by Crippen LogP contribution is -2.28. The van der Waals surface area contributed by atoms with Gasteiger partial charge < -0.3 is 14.8 Å². The quantitative estimate of drug-likeness (QED) is 0.493. The molecule has 31 heavy (non-hydrogen) atoms. The second-order valence-corrected chi connectivity index (χ2v) is 7.85. The van der Waals surface area contributed by atoms with Gasteiger partial charge in [0.1, 0.15) is 22.9 Å². The Hall–Kier alpha value is -3.65. The van der Waals surface area contributed by atoms with Gasteiger partial charge in [0, 0.05) is 10.9 Å². The zero-order valence-electron chi connectivity index (χ0n) is 17.3. The van der Waals surface area contributed by atoms with Crippen molar-refractivity contribution in [2.24, 2.45) is 0 Å². The summed E-state index contributed by atoms with van der Waals surface area (Å²) < 4.78 is 11.8. The summed E-state index contributed by atoms with van der Waals surface area (Å²) in [4.78, 5) is 30.8. The van der Waals surface area contributed by atoms with Gasteiger partial charge in [-0.25, -0.2) is 4.98 Å². The summed E-state index contributed by atoms with van der Waals surface area (Å²) in [6.45, 7) is 1.77. The fourth-order valence-electron chi connectivity index (χ4n) is 3.33. The summed E-state index contributed by atoms with van der Waals surface area (Å²) in [6, 6.07) is 13.0. The van der Waals surface area contributed by atoms with E-state index < -0.39 is 0 Å². The van der Waals surface area contributed by atoms with Crippen LogP contribution in [0.4, 0.5) is 5.69 Å². The van der Waals surface area contributed by atoms with Crippen molar-refractivity contribution in [1.29, 1.82) is 0 Å². The molecule has 0 atom stereocenters. The molecule has 158 valence electrons. The smallest absolute Gasteiger partial charge is 0.263 e. The molecule has 4 rings (SSSR count). The van der Waals surface area contributed by atoms with Crippen molar-refractivity contribution in [3.63, 3.8) is 0 Å². The topological polar surface area (TPSA) is 82.5 Å². The number of carbonyl (C=O) groups is 1. The molecule has 0 bridgehead atoms. The molecule has 0 fully saturated rings. The van der Waals surface area contributed by atoms with Crippen LogP contribution in [0.5, 0.6) is 11.5 Å². The maximum Gasteiger partial charge on any atom is 0.263 e. The molecule has 7 nitrogen and oxygen atoms in total. The molecule has 0 aliphatic heterocycles. The summed E-state index contributed by atoms with van der Waals surface area (Å²) in [7, 11) is 3.15. The first-order chi connectivity index (χ1) is 15.0. The maximum absolute atomic E-state index is 13.2. The minimum Gasteiger partial charge on any atom is -0.497 e. The van der Waals surface area contributed by atoms with Crippen LogP contribution in [-0.4, -0.2) is 29.7 Å². The van der Waals surface area contributed by atoms with E-state index in [-0.39, 0.29) is 18.0 Å². The van der Waals surface area contributed by atoms with Crippen LogP contribution in [0.3, 0.4) is 0 Å². The SMILES string of the molecule is COc1ccc(-c2csc3ncn(CC(=O)Nc4cc(C)ccc4OC)c(=O)c23)cc1.